The standard InChI is InChI=1S/C16H16FN3O2/c1-16(15(18)21)9-22-14-13(20-16)7-11(8-19-14)6-10-2-4-12(17)5-3-10/h2-5,7-8,20H,6,9H2,1H3,(H2,18,21). The van der Waals surface area contributed by atoms with Crippen LogP contribution in [-0.4, -0.2) is 23.0 Å². The molecule has 1 aromatic carbocycles. The highest BCUT2D eigenvalue weighted by molar-refractivity contribution is 5.88. The molecule has 5 nitrogen and oxygen atoms in total. The predicted molar refractivity (Wildman–Crippen MR) is 80.2 cm³/mol. The van der Waals surface area contributed by atoms with Crippen molar-refractivity contribution < 1.29 is 13.9 Å². The number of hydrogen-bond donors (Lipinski definition) is 2. The number of nitrogens with two attached hydrogens (primary N) is 1. The zero-order valence-electron chi connectivity index (χ0n) is 12.1. The number of fused-ring (bicyclic) bond motifs is 1. The average Bonchev–Trinajstić information content (AvgIpc) is 2.49. The van der Waals surface area contributed by atoms with Crippen molar-refractivity contribution in [3.05, 3.63) is 53.5 Å². The van der Waals surface area contributed by atoms with E-state index in [1.54, 1.807) is 25.3 Å². The Hall–Kier alpha value is -2.63. The third-order valence-electron chi connectivity index (χ3n) is 3.68. The lowest BCUT2D eigenvalue weighted by Crippen LogP contribution is -2.54. The molecule has 0 radical (unpaired) electrons. The van der Waals surface area contributed by atoms with Gasteiger partial charge in [0.1, 0.15) is 18.0 Å². The molecular formula is C16H16FN3O2. The number of carbonyl (C=O) groups excluding carboxylic acids is 1. The van der Waals surface area contributed by atoms with E-state index in [0.29, 0.717) is 18.0 Å². The van der Waals surface area contributed by atoms with Crippen molar-refractivity contribution in [3.63, 3.8) is 0 Å². The highest BCUT2D eigenvalue weighted by Gasteiger charge is 2.36. The van der Waals surface area contributed by atoms with Gasteiger partial charge in [0, 0.05) is 6.20 Å². The van der Waals surface area contributed by atoms with Gasteiger partial charge in [-0.05, 0) is 42.7 Å². The molecule has 0 spiro atoms. The van der Waals surface area contributed by atoms with Crippen LogP contribution in [0.15, 0.2) is 36.5 Å². The summed E-state index contributed by atoms with van der Waals surface area (Å²) >= 11 is 0. The van der Waals surface area contributed by atoms with E-state index in [1.165, 1.54) is 12.1 Å². The molecule has 3 rings (SSSR count). The van der Waals surface area contributed by atoms with Crippen molar-refractivity contribution in [2.24, 2.45) is 5.73 Å². The number of nitrogens with one attached hydrogen (secondary N) is 1. The van der Waals surface area contributed by atoms with Crippen LogP contribution < -0.4 is 15.8 Å². The predicted octanol–water partition coefficient (Wildman–Crippen LogP) is 1.86. The van der Waals surface area contributed by atoms with Crippen LogP contribution >= 0.6 is 0 Å². The summed E-state index contributed by atoms with van der Waals surface area (Å²) < 4.78 is 18.4. The van der Waals surface area contributed by atoms with Crippen LogP contribution in [0.1, 0.15) is 18.1 Å². The summed E-state index contributed by atoms with van der Waals surface area (Å²) in [5.74, 6) is -0.303. The van der Waals surface area contributed by atoms with Crippen LogP contribution in [0.2, 0.25) is 0 Å². The van der Waals surface area contributed by atoms with Crippen molar-refractivity contribution in [3.8, 4) is 5.88 Å². The van der Waals surface area contributed by atoms with Gasteiger partial charge in [0.2, 0.25) is 11.8 Å². The summed E-state index contributed by atoms with van der Waals surface area (Å²) in [5.41, 5.74) is 6.97. The molecule has 114 valence electrons. The fraction of sp³-hybridized carbons (Fsp3) is 0.250. The lowest BCUT2D eigenvalue weighted by Gasteiger charge is -2.33. The Morgan fingerprint density at radius 1 is 1.41 bits per heavy atom. The second kappa shape index (κ2) is 5.29. The molecule has 6 heteroatoms. The second-order valence-corrected chi connectivity index (χ2v) is 5.61. The Bertz CT molecular complexity index is 718. The van der Waals surface area contributed by atoms with Gasteiger partial charge in [-0.2, -0.15) is 0 Å². The van der Waals surface area contributed by atoms with Crippen LogP contribution in [0.3, 0.4) is 0 Å². The number of hydrogen-bond acceptors (Lipinski definition) is 4. The number of ether oxygens (including phenoxy) is 1. The van der Waals surface area contributed by atoms with E-state index < -0.39 is 11.4 Å². The van der Waals surface area contributed by atoms with E-state index in [2.05, 4.69) is 10.3 Å². The third kappa shape index (κ3) is 2.72. The van der Waals surface area contributed by atoms with Gasteiger partial charge >= 0.3 is 0 Å². The maximum atomic E-state index is 12.9. The first-order valence-corrected chi connectivity index (χ1v) is 6.90. The quantitative estimate of drug-likeness (QED) is 0.907. The van der Waals surface area contributed by atoms with Crippen LogP contribution in [0.4, 0.5) is 10.1 Å². The first-order chi connectivity index (χ1) is 10.5. The number of pyridine rings is 1. The zero-order valence-corrected chi connectivity index (χ0v) is 12.1. The van der Waals surface area contributed by atoms with Gasteiger partial charge in [0.25, 0.3) is 0 Å². The molecule has 2 aromatic rings. The van der Waals surface area contributed by atoms with Gasteiger partial charge < -0.3 is 15.8 Å². The van der Waals surface area contributed by atoms with Crippen molar-refractivity contribution in [1.82, 2.24) is 4.98 Å². The summed E-state index contributed by atoms with van der Waals surface area (Å²) in [4.78, 5) is 15.8. The first kappa shape index (κ1) is 14.3. The van der Waals surface area contributed by atoms with Gasteiger partial charge in [-0.1, -0.05) is 12.1 Å². The summed E-state index contributed by atoms with van der Waals surface area (Å²) in [5, 5.41) is 3.09. The Morgan fingerprint density at radius 3 is 2.82 bits per heavy atom. The minimum atomic E-state index is -0.955. The van der Waals surface area contributed by atoms with E-state index >= 15 is 0 Å². The van der Waals surface area contributed by atoms with Gasteiger partial charge in [-0.25, -0.2) is 9.37 Å². The highest BCUT2D eigenvalue weighted by atomic mass is 19.1. The number of amides is 1. The van der Waals surface area contributed by atoms with Gasteiger partial charge in [-0.3, -0.25) is 4.79 Å². The zero-order chi connectivity index (χ0) is 15.7. The molecule has 1 aliphatic rings. The van der Waals surface area contributed by atoms with Gasteiger partial charge in [-0.15, -0.1) is 0 Å². The minimum absolute atomic E-state index is 0.139. The van der Waals surface area contributed by atoms with Crippen molar-refractivity contribution in [2.45, 2.75) is 18.9 Å². The number of anilines is 1. The normalized spacial score (nSPS) is 19.7. The smallest absolute Gasteiger partial charge is 0.246 e. The molecule has 3 N–H and O–H groups in total. The van der Waals surface area contributed by atoms with Crippen LogP contribution in [0, 0.1) is 5.82 Å². The van der Waals surface area contributed by atoms with Crippen LogP contribution in [-0.2, 0) is 11.2 Å². The Labute approximate surface area is 127 Å². The largest absolute Gasteiger partial charge is 0.473 e. The molecule has 1 aliphatic heterocycles. The summed E-state index contributed by atoms with van der Waals surface area (Å²) in [6, 6.07) is 8.17. The number of benzene rings is 1. The molecule has 0 bridgehead atoms. The fourth-order valence-corrected chi connectivity index (χ4v) is 2.31. The fourth-order valence-electron chi connectivity index (χ4n) is 2.31. The van der Waals surface area contributed by atoms with E-state index in [1.807, 2.05) is 6.07 Å². The Morgan fingerprint density at radius 2 is 2.14 bits per heavy atom. The number of rotatable bonds is 3. The molecule has 0 saturated heterocycles. The number of nitrogens with zero attached hydrogens (tertiary/aromatic N) is 1. The SMILES string of the molecule is CC1(C(N)=O)COc2ncc(Cc3ccc(F)cc3)cc2N1. The lowest BCUT2D eigenvalue weighted by atomic mass is 10.00. The topological polar surface area (TPSA) is 77.2 Å². The number of halogens is 1. The Balaban J connectivity index is 1.84. The minimum Gasteiger partial charge on any atom is -0.473 e. The molecule has 1 atom stereocenters. The third-order valence-corrected chi connectivity index (χ3v) is 3.68. The number of aromatic nitrogens is 1. The van der Waals surface area contributed by atoms with Crippen molar-refractivity contribution >= 4 is 11.6 Å². The molecule has 2 heterocycles. The Kier molecular flexibility index (Phi) is 3.44. The molecule has 0 saturated carbocycles. The lowest BCUT2D eigenvalue weighted by molar-refractivity contribution is -0.122. The van der Waals surface area contributed by atoms with E-state index in [9.17, 15) is 9.18 Å². The van der Waals surface area contributed by atoms with Crippen molar-refractivity contribution in [1.29, 1.82) is 0 Å². The number of primary amides is 1. The van der Waals surface area contributed by atoms with E-state index in [0.717, 1.165) is 11.1 Å². The summed E-state index contributed by atoms with van der Waals surface area (Å²) in [6.07, 6.45) is 2.31. The molecule has 1 unspecified atom stereocenters. The van der Waals surface area contributed by atoms with E-state index in [-0.39, 0.29) is 12.4 Å². The first-order valence-electron chi connectivity index (χ1n) is 6.90. The number of carbonyl (C=O) groups is 1. The van der Waals surface area contributed by atoms with Gasteiger partial charge in [0.15, 0.2) is 0 Å². The van der Waals surface area contributed by atoms with Crippen LogP contribution in [0.25, 0.3) is 0 Å². The molecular weight excluding hydrogens is 285 g/mol. The van der Waals surface area contributed by atoms with Gasteiger partial charge in [0.05, 0.1) is 5.69 Å². The molecule has 1 amide bonds. The summed E-state index contributed by atoms with van der Waals surface area (Å²) in [7, 11) is 0. The molecule has 0 fully saturated rings. The summed E-state index contributed by atoms with van der Waals surface area (Å²) in [6.45, 7) is 1.82. The maximum Gasteiger partial charge on any atom is 0.246 e. The van der Waals surface area contributed by atoms with E-state index in [4.69, 9.17) is 10.5 Å². The maximum absolute atomic E-state index is 12.9. The molecule has 22 heavy (non-hydrogen) atoms. The van der Waals surface area contributed by atoms with Crippen LogP contribution in [0.5, 0.6) is 5.88 Å². The molecule has 0 aliphatic carbocycles. The average molecular weight is 301 g/mol. The highest BCUT2D eigenvalue weighted by Crippen LogP contribution is 2.31. The van der Waals surface area contributed by atoms with Crippen molar-refractivity contribution in [2.75, 3.05) is 11.9 Å². The monoisotopic (exact) mass is 301 g/mol. The molecule has 1 aromatic heterocycles. The second-order valence-electron chi connectivity index (χ2n) is 5.61.